The molecule has 0 saturated heterocycles. The zero-order valence-corrected chi connectivity index (χ0v) is 20.0. The van der Waals surface area contributed by atoms with Crippen molar-refractivity contribution in [1.82, 2.24) is 10.0 Å². The van der Waals surface area contributed by atoms with E-state index in [1.165, 1.54) is 10.6 Å². The number of carbonyl (C=O) groups is 1. The normalized spacial score (nSPS) is 11.4. The van der Waals surface area contributed by atoms with E-state index in [9.17, 15) is 10.0 Å². The van der Waals surface area contributed by atoms with Crippen molar-refractivity contribution < 1.29 is 14.4 Å². The fourth-order valence-corrected chi connectivity index (χ4v) is 4.40. The van der Waals surface area contributed by atoms with Crippen LogP contribution in [0.3, 0.4) is 0 Å². The summed E-state index contributed by atoms with van der Waals surface area (Å²) in [4.78, 5) is 16.9. The van der Waals surface area contributed by atoms with Gasteiger partial charge in [-0.05, 0) is 73.7 Å². The van der Waals surface area contributed by atoms with Gasteiger partial charge >= 0.3 is 0 Å². The van der Waals surface area contributed by atoms with E-state index < -0.39 is 5.91 Å². The summed E-state index contributed by atoms with van der Waals surface area (Å²) in [5, 5.41) is 22.9. The van der Waals surface area contributed by atoms with Crippen molar-refractivity contribution in [1.29, 1.82) is 5.26 Å². The Labute approximate surface area is 204 Å². The number of nitrogens with zero attached hydrogens (tertiary/aromatic N) is 3. The minimum Gasteiger partial charge on any atom is -0.451 e. The molecular formula is C27H31N5O3. The summed E-state index contributed by atoms with van der Waals surface area (Å²) in [6, 6.07) is 15.3. The monoisotopic (exact) mass is 473 g/mol. The lowest BCUT2D eigenvalue weighted by molar-refractivity contribution is -0.0889. The molecule has 2 heterocycles. The highest BCUT2D eigenvalue weighted by molar-refractivity contribution is 5.95. The Balaban J connectivity index is 1.28. The van der Waals surface area contributed by atoms with Crippen LogP contribution in [-0.2, 0) is 6.42 Å². The second-order valence-electron chi connectivity index (χ2n) is 8.78. The van der Waals surface area contributed by atoms with E-state index in [0.29, 0.717) is 30.8 Å². The fourth-order valence-electron chi connectivity index (χ4n) is 4.40. The molecular weight excluding hydrogens is 442 g/mol. The number of amides is 1. The number of benzene rings is 2. The lowest BCUT2D eigenvalue weighted by Crippen LogP contribution is -2.34. The third-order valence-corrected chi connectivity index (χ3v) is 6.24. The quantitative estimate of drug-likeness (QED) is 0.200. The van der Waals surface area contributed by atoms with E-state index in [1.54, 1.807) is 6.07 Å². The number of aryl methyl sites for hydroxylation is 1. The molecule has 0 unspecified atom stereocenters. The third-order valence-electron chi connectivity index (χ3n) is 6.24. The fraction of sp³-hybridized carbons (Fsp3) is 0.333. The minimum atomic E-state index is -0.583. The average Bonchev–Trinajstić information content (AvgIpc) is 3.47. The molecule has 2 aromatic carbocycles. The molecule has 0 radical (unpaired) electrons. The summed E-state index contributed by atoms with van der Waals surface area (Å²) in [5.74, 6) is -0.431. The highest BCUT2D eigenvalue weighted by atomic mass is 16.5. The van der Waals surface area contributed by atoms with Crippen molar-refractivity contribution in [2.24, 2.45) is 5.73 Å². The number of aromatic amines is 1. The van der Waals surface area contributed by atoms with Gasteiger partial charge < -0.3 is 25.2 Å². The number of rotatable bonds is 12. The molecule has 0 aliphatic carbocycles. The molecule has 0 aliphatic heterocycles. The first-order chi connectivity index (χ1) is 17.0. The van der Waals surface area contributed by atoms with Crippen molar-refractivity contribution in [2.45, 2.75) is 32.6 Å². The van der Waals surface area contributed by atoms with Crippen LogP contribution in [0.5, 0.6) is 0 Å². The van der Waals surface area contributed by atoms with Gasteiger partial charge in [-0.1, -0.05) is 6.92 Å². The summed E-state index contributed by atoms with van der Waals surface area (Å²) in [6.07, 6.45) is 5.68. The van der Waals surface area contributed by atoms with E-state index >= 15 is 0 Å². The number of hydroxylamine groups is 2. The van der Waals surface area contributed by atoms with Gasteiger partial charge in [-0.15, -0.1) is 0 Å². The standard InChI is InChI=1S/C27H31N5O3/c1-2-10-31(22-7-9-25-21(15-22)16-26(35-25)27(29)33)12-13-32(34)11-4-3-5-20-18-30-24-8-6-19(17-28)14-23(20)24/h6-9,14-16,18,30,34H,2-5,10-13H2,1H3,(H2,29,33). The lowest BCUT2D eigenvalue weighted by atomic mass is 10.1. The van der Waals surface area contributed by atoms with Crippen LogP contribution in [0, 0.1) is 11.3 Å². The average molecular weight is 474 g/mol. The number of aromatic nitrogens is 1. The van der Waals surface area contributed by atoms with Crippen molar-refractivity contribution in [2.75, 3.05) is 31.1 Å². The smallest absolute Gasteiger partial charge is 0.284 e. The Morgan fingerprint density at radius 3 is 2.74 bits per heavy atom. The van der Waals surface area contributed by atoms with Crippen LogP contribution < -0.4 is 10.6 Å². The maximum atomic E-state index is 11.4. The summed E-state index contributed by atoms with van der Waals surface area (Å²) in [6.45, 7) is 4.76. The number of nitrogens with two attached hydrogens (primary N) is 1. The van der Waals surface area contributed by atoms with E-state index in [4.69, 9.17) is 15.4 Å². The van der Waals surface area contributed by atoms with E-state index in [1.807, 2.05) is 42.6 Å². The molecule has 35 heavy (non-hydrogen) atoms. The van der Waals surface area contributed by atoms with Gasteiger partial charge in [-0.25, -0.2) is 0 Å². The molecule has 0 spiro atoms. The van der Waals surface area contributed by atoms with Crippen LogP contribution in [-0.4, -0.2) is 47.3 Å². The number of fused-ring (bicyclic) bond motifs is 2. The largest absolute Gasteiger partial charge is 0.451 e. The van der Waals surface area contributed by atoms with E-state index in [2.05, 4.69) is 22.9 Å². The minimum absolute atomic E-state index is 0.152. The molecule has 4 N–H and O–H groups in total. The van der Waals surface area contributed by atoms with Crippen LogP contribution in [0.2, 0.25) is 0 Å². The molecule has 4 aromatic rings. The summed E-state index contributed by atoms with van der Waals surface area (Å²) >= 11 is 0. The zero-order valence-electron chi connectivity index (χ0n) is 20.0. The summed E-state index contributed by atoms with van der Waals surface area (Å²) < 4.78 is 5.48. The topological polar surface area (TPSA) is 123 Å². The number of hydrogen-bond acceptors (Lipinski definition) is 6. The Hall–Kier alpha value is -3.80. The van der Waals surface area contributed by atoms with Gasteiger partial charge in [0.05, 0.1) is 11.6 Å². The number of anilines is 1. The van der Waals surface area contributed by atoms with Gasteiger partial charge in [0.1, 0.15) is 5.58 Å². The molecule has 8 nitrogen and oxygen atoms in total. The molecule has 0 bridgehead atoms. The Bertz CT molecular complexity index is 1350. The van der Waals surface area contributed by atoms with Crippen molar-refractivity contribution >= 4 is 33.5 Å². The number of unbranched alkanes of at least 4 members (excludes halogenated alkanes) is 1. The Morgan fingerprint density at radius 1 is 1.11 bits per heavy atom. The number of furan rings is 1. The maximum absolute atomic E-state index is 11.4. The molecule has 4 rings (SSSR count). The van der Waals surface area contributed by atoms with Crippen LogP contribution in [0.25, 0.3) is 21.9 Å². The lowest BCUT2D eigenvalue weighted by Gasteiger charge is -2.26. The molecule has 0 saturated carbocycles. The molecule has 0 fully saturated rings. The van der Waals surface area contributed by atoms with Gasteiger partial charge in [0.15, 0.2) is 5.76 Å². The van der Waals surface area contributed by atoms with Crippen molar-refractivity contribution in [3.05, 3.63) is 65.5 Å². The predicted molar refractivity (Wildman–Crippen MR) is 137 cm³/mol. The first kappa shape index (κ1) is 24.3. The number of hydrogen-bond donors (Lipinski definition) is 3. The molecule has 2 aromatic heterocycles. The molecule has 0 aliphatic rings. The number of nitriles is 1. The van der Waals surface area contributed by atoms with Gasteiger partial charge in [0.2, 0.25) is 0 Å². The molecule has 0 atom stereocenters. The first-order valence-corrected chi connectivity index (χ1v) is 12.0. The second-order valence-corrected chi connectivity index (χ2v) is 8.78. The molecule has 8 heteroatoms. The van der Waals surface area contributed by atoms with Crippen LogP contribution >= 0.6 is 0 Å². The van der Waals surface area contributed by atoms with E-state index in [0.717, 1.165) is 54.2 Å². The summed E-state index contributed by atoms with van der Waals surface area (Å²) in [5.41, 5.74) is 9.87. The van der Waals surface area contributed by atoms with Gasteiger partial charge in [0, 0.05) is 54.4 Å². The van der Waals surface area contributed by atoms with Gasteiger partial charge in [-0.2, -0.15) is 10.3 Å². The van der Waals surface area contributed by atoms with Crippen LogP contribution in [0.4, 0.5) is 5.69 Å². The molecule has 182 valence electrons. The number of H-pyrrole nitrogens is 1. The highest BCUT2D eigenvalue weighted by Crippen LogP contribution is 2.25. The zero-order chi connectivity index (χ0) is 24.8. The third kappa shape index (κ3) is 5.83. The first-order valence-electron chi connectivity index (χ1n) is 12.0. The second kappa shape index (κ2) is 11.1. The van der Waals surface area contributed by atoms with Gasteiger partial charge in [0.25, 0.3) is 5.91 Å². The van der Waals surface area contributed by atoms with Gasteiger partial charge in [-0.3, -0.25) is 4.79 Å². The van der Waals surface area contributed by atoms with E-state index in [-0.39, 0.29) is 5.76 Å². The Morgan fingerprint density at radius 2 is 1.97 bits per heavy atom. The van der Waals surface area contributed by atoms with Crippen molar-refractivity contribution in [3.63, 3.8) is 0 Å². The van der Waals surface area contributed by atoms with Crippen molar-refractivity contribution in [3.8, 4) is 6.07 Å². The Kier molecular flexibility index (Phi) is 7.70. The number of primary amides is 1. The van der Waals surface area contributed by atoms with Crippen LogP contribution in [0.15, 0.2) is 53.1 Å². The number of nitrogens with one attached hydrogen (secondary N) is 1. The molecule has 1 amide bonds. The SMILES string of the molecule is CCCN(CCN(O)CCCCc1c[nH]c2ccc(C#N)cc12)c1ccc2oc(C(N)=O)cc2c1. The maximum Gasteiger partial charge on any atom is 0.284 e. The van der Waals surface area contributed by atoms with Crippen LogP contribution in [0.1, 0.15) is 47.9 Å². The number of carbonyl (C=O) groups excluding carboxylic acids is 1. The summed E-state index contributed by atoms with van der Waals surface area (Å²) in [7, 11) is 0. The predicted octanol–water partition coefficient (Wildman–Crippen LogP) is 4.82. The highest BCUT2D eigenvalue weighted by Gasteiger charge is 2.13.